The van der Waals surface area contributed by atoms with E-state index in [2.05, 4.69) is 24.0 Å². The van der Waals surface area contributed by atoms with Crippen LogP contribution >= 0.6 is 11.6 Å². The summed E-state index contributed by atoms with van der Waals surface area (Å²) < 4.78 is 0. The minimum Gasteiger partial charge on any atom is -0.296 e. The molecular weight excluding hydrogens is 218 g/mol. The quantitative estimate of drug-likeness (QED) is 0.765. The molecule has 1 fully saturated rings. The van der Waals surface area contributed by atoms with Crippen molar-refractivity contribution in [3.8, 4) is 0 Å². The van der Waals surface area contributed by atoms with Crippen molar-refractivity contribution in [1.82, 2.24) is 4.90 Å². The summed E-state index contributed by atoms with van der Waals surface area (Å²) in [6.45, 7) is 4.59. The summed E-state index contributed by atoms with van der Waals surface area (Å²) in [5.41, 5.74) is 1.34. The molecule has 1 atom stereocenters. The van der Waals surface area contributed by atoms with Crippen LogP contribution in [0.1, 0.15) is 38.2 Å². The Labute approximate surface area is 103 Å². The van der Waals surface area contributed by atoms with E-state index in [1.807, 2.05) is 12.1 Å². The van der Waals surface area contributed by atoms with Crippen molar-refractivity contribution in [3.63, 3.8) is 0 Å². The molecule has 1 heterocycles. The van der Waals surface area contributed by atoms with Gasteiger partial charge in [0.05, 0.1) is 0 Å². The molecule has 1 nitrogen and oxygen atoms in total. The molecule has 1 aliphatic heterocycles. The van der Waals surface area contributed by atoms with Crippen molar-refractivity contribution in [2.24, 2.45) is 0 Å². The predicted octanol–water partition coefficient (Wildman–Crippen LogP) is 4.10. The molecule has 88 valence electrons. The maximum absolute atomic E-state index is 6.01. The number of likely N-dealkylation sites (tertiary alicyclic amines) is 1. The lowest BCUT2D eigenvalue weighted by molar-refractivity contribution is 0.136. The Hall–Kier alpha value is -0.530. The van der Waals surface area contributed by atoms with Gasteiger partial charge in [-0.15, -0.1) is 0 Å². The standard InChI is InChI=1S/C14H20ClN/c1-2-14-8-3-4-9-16(14)11-12-6-5-7-13(15)10-12/h5-7,10,14H,2-4,8-9,11H2,1H3. The second-order valence-electron chi connectivity index (χ2n) is 4.66. The van der Waals surface area contributed by atoms with Crippen LogP contribution in [-0.4, -0.2) is 17.5 Å². The molecule has 1 aliphatic rings. The maximum atomic E-state index is 6.01. The van der Waals surface area contributed by atoms with Crippen molar-refractivity contribution in [2.45, 2.75) is 45.2 Å². The average molecular weight is 238 g/mol. The van der Waals surface area contributed by atoms with Crippen LogP contribution in [0.15, 0.2) is 24.3 Å². The third-order valence-corrected chi connectivity index (χ3v) is 3.73. The zero-order chi connectivity index (χ0) is 11.4. The van der Waals surface area contributed by atoms with Crippen molar-refractivity contribution in [3.05, 3.63) is 34.9 Å². The first-order valence-electron chi connectivity index (χ1n) is 6.28. The van der Waals surface area contributed by atoms with E-state index in [0.717, 1.165) is 17.6 Å². The van der Waals surface area contributed by atoms with Crippen molar-refractivity contribution >= 4 is 11.6 Å². The van der Waals surface area contributed by atoms with Gasteiger partial charge in [-0.05, 0) is 43.5 Å². The molecule has 2 heteroatoms. The van der Waals surface area contributed by atoms with Gasteiger partial charge in [-0.2, -0.15) is 0 Å². The van der Waals surface area contributed by atoms with Crippen LogP contribution in [-0.2, 0) is 6.54 Å². The van der Waals surface area contributed by atoms with Gasteiger partial charge in [-0.1, -0.05) is 37.1 Å². The van der Waals surface area contributed by atoms with E-state index in [4.69, 9.17) is 11.6 Å². The van der Waals surface area contributed by atoms with Gasteiger partial charge in [0.2, 0.25) is 0 Å². The van der Waals surface area contributed by atoms with Crippen LogP contribution in [0.2, 0.25) is 5.02 Å². The Kier molecular flexibility index (Phi) is 4.25. The second-order valence-corrected chi connectivity index (χ2v) is 5.09. The molecule has 0 bridgehead atoms. The number of halogens is 1. The Balaban J connectivity index is 2.02. The van der Waals surface area contributed by atoms with E-state index in [-0.39, 0.29) is 0 Å². The van der Waals surface area contributed by atoms with Crippen LogP contribution in [0.4, 0.5) is 0 Å². The average Bonchev–Trinajstić information content (AvgIpc) is 2.30. The SMILES string of the molecule is CCC1CCCCN1Cc1cccc(Cl)c1. The third kappa shape index (κ3) is 2.99. The summed E-state index contributed by atoms with van der Waals surface area (Å²) in [5, 5.41) is 0.850. The molecule has 0 spiro atoms. The molecule has 0 aliphatic carbocycles. The highest BCUT2D eigenvalue weighted by Crippen LogP contribution is 2.22. The molecule has 0 N–H and O–H groups in total. The van der Waals surface area contributed by atoms with Gasteiger partial charge in [0, 0.05) is 17.6 Å². The Bertz CT molecular complexity index is 337. The molecule has 0 aromatic heterocycles. The van der Waals surface area contributed by atoms with E-state index in [0.29, 0.717) is 0 Å². The van der Waals surface area contributed by atoms with Crippen LogP contribution in [0.3, 0.4) is 0 Å². The van der Waals surface area contributed by atoms with Gasteiger partial charge in [0.1, 0.15) is 0 Å². The van der Waals surface area contributed by atoms with Gasteiger partial charge in [-0.25, -0.2) is 0 Å². The second kappa shape index (κ2) is 5.70. The molecule has 16 heavy (non-hydrogen) atoms. The van der Waals surface area contributed by atoms with Crippen LogP contribution in [0, 0.1) is 0 Å². The fourth-order valence-corrected chi connectivity index (χ4v) is 2.81. The molecule has 2 rings (SSSR count). The summed E-state index contributed by atoms with van der Waals surface area (Å²) in [6.07, 6.45) is 5.36. The number of piperidine rings is 1. The Morgan fingerprint density at radius 3 is 3.00 bits per heavy atom. The van der Waals surface area contributed by atoms with Gasteiger partial charge in [0.25, 0.3) is 0 Å². The molecule has 0 amide bonds. The van der Waals surface area contributed by atoms with Gasteiger partial charge in [-0.3, -0.25) is 4.90 Å². The smallest absolute Gasteiger partial charge is 0.0409 e. The molecule has 1 aromatic carbocycles. The minimum atomic E-state index is 0.771. The maximum Gasteiger partial charge on any atom is 0.0409 e. The summed E-state index contributed by atoms with van der Waals surface area (Å²) in [6, 6.07) is 9.02. The fraction of sp³-hybridized carbons (Fsp3) is 0.571. The molecule has 0 saturated carbocycles. The number of rotatable bonds is 3. The van der Waals surface area contributed by atoms with Crippen LogP contribution in [0.25, 0.3) is 0 Å². The van der Waals surface area contributed by atoms with E-state index in [1.54, 1.807) is 0 Å². The first kappa shape index (κ1) is 11.9. The highest BCUT2D eigenvalue weighted by molar-refractivity contribution is 6.30. The topological polar surface area (TPSA) is 3.24 Å². The molecule has 1 unspecified atom stereocenters. The number of hydrogen-bond donors (Lipinski definition) is 0. The lowest BCUT2D eigenvalue weighted by Crippen LogP contribution is -2.38. The zero-order valence-electron chi connectivity index (χ0n) is 9.95. The number of hydrogen-bond acceptors (Lipinski definition) is 1. The first-order chi connectivity index (χ1) is 7.79. The molecular formula is C14H20ClN. The van der Waals surface area contributed by atoms with Gasteiger partial charge >= 0.3 is 0 Å². The number of nitrogens with zero attached hydrogens (tertiary/aromatic N) is 1. The first-order valence-corrected chi connectivity index (χ1v) is 6.66. The van der Waals surface area contributed by atoms with E-state index in [9.17, 15) is 0 Å². The summed E-state index contributed by atoms with van der Waals surface area (Å²) >= 11 is 6.01. The third-order valence-electron chi connectivity index (χ3n) is 3.50. The molecule has 1 aromatic rings. The van der Waals surface area contributed by atoms with Crippen molar-refractivity contribution in [1.29, 1.82) is 0 Å². The fourth-order valence-electron chi connectivity index (χ4n) is 2.60. The summed E-state index contributed by atoms with van der Waals surface area (Å²) in [5.74, 6) is 0. The highest BCUT2D eigenvalue weighted by atomic mass is 35.5. The van der Waals surface area contributed by atoms with Crippen LogP contribution < -0.4 is 0 Å². The van der Waals surface area contributed by atoms with E-state index >= 15 is 0 Å². The normalized spacial score (nSPS) is 22.2. The Morgan fingerprint density at radius 2 is 2.25 bits per heavy atom. The Morgan fingerprint density at radius 1 is 1.38 bits per heavy atom. The highest BCUT2D eigenvalue weighted by Gasteiger charge is 2.20. The van der Waals surface area contributed by atoms with Crippen molar-refractivity contribution in [2.75, 3.05) is 6.54 Å². The summed E-state index contributed by atoms with van der Waals surface area (Å²) in [7, 11) is 0. The van der Waals surface area contributed by atoms with Gasteiger partial charge < -0.3 is 0 Å². The van der Waals surface area contributed by atoms with Crippen molar-refractivity contribution < 1.29 is 0 Å². The van der Waals surface area contributed by atoms with E-state index in [1.165, 1.54) is 37.8 Å². The van der Waals surface area contributed by atoms with Crippen LogP contribution in [0.5, 0.6) is 0 Å². The lowest BCUT2D eigenvalue weighted by atomic mass is 9.99. The predicted molar refractivity (Wildman–Crippen MR) is 69.8 cm³/mol. The van der Waals surface area contributed by atoms with Gasteiger partial charge in [0.15, 0.2) is 0 Å². The molecule has 1 saturated heterocycles. The zero-order valence-corrected chi connectivity index (χ0v) is 10.7. The molecule has 0 radical (unpaired) electrons. The van der Waals surface area contributed by atoms with E-state index < -0.39 is 0 Å². The lowest BCUT2D eigenvalue weighted by Gasteiger charge is -2.35. The number of benzene rings is 1. The monoisotopic (exact) mass is 237 g/mol. The minimum absolute atomic E-state index is 0.771. The largest absolute Gasteiger partial charge is 0.296 e. The summed E-state index contributed by atoms with van der Waals surface area (Å²) in [4.78, 5) is 2.61.